The quantitative estimate of drug-likeness (QED) is 0.717. The van der Waals surface area contributed by atoms with Gasteiger partial charge in [0.1, 0.15) is 5.75 Å². The summed E-state index contributed by atoms with van der Waals surface area (Å²) in [5.41, 5.74) is 8.76. The Morgan fingerprint density at radius 1 is 1.05 bits per heavy atom. The van der Waals surface area contributed by atoms with Crippen molar-refractivity contribution in [3.05, 3.63) is 41.9 Å². The highest BCUT2D eigenvalue weighted by Crippen LogP contribution is 2.30. The molecule has 0 amide bonds. The summed E-state index contributed by atoms with van der Waals surface area (Å²) in [5, 5.41) is 8.74. The number of aryl methyl sites for hydroxylation is 2. The monoisotopic (exact) mass is 267 g/mol. The third kappa shape index (κ3) is 2.11. The maximum absolute atomic E-state index is 5.90. The smallest absolute Gasteiger partial charge is 0.341 e. The van der Waals surface area contributed by atoms with E-state index in [0.29, 0.717) is 17.0 Å². The molecule has 0 aliphatic carbocycles. The zero-order chi connectivity index (χ0) is 14.1. The van der Waals surface area contributed by atoms with Gasteiger partial charge >= 0.3 is 6.01 Å². The van der Waals surface area contributed by atoms with E-state index >= 15 is 0 Å². The van der Waals surface area contributed by atoms with Crippen LogP contribution in [-0.4, -0.2) is 20.2 Å². The van der Waals surface area contributed by atoms with Crippen molar-refractivity contribution in [2.75, 3.05) is 5.73 Å². The van der Waals surface area contributed by atoms with E-state index in [1.165, 1.54) is 0 Å². The average molecular weight is 267 g/mol. The fraction of sp³-hybridized carbons (Fsp3) is 0.143. The van der Waals surface area contributed by atoms with Gasteiger partial charge in [-0.1, -0.05) is 5.10 Å². The summed E-state index contributed by atoms with van der Waals surface area (Å²) in [7, 11) is 0. The zero-order valence-electron chi connectivity index (χ0n) is 11.2. The summed E-state index contributed by atoms with van der Waals surface area (Å²) in [6, 6.07) is 7.45. The van der Waals surface area contributed by atoms with Gasteiger partial charge in [-0.15, -0.1) is 5.10 Å². The number of pyridine rings is 1. The molecule has 2 N–H and O–H groups in total. The van der Waals surface area contributed by atoms with Gasteiger partial charge in [0.15, 0.2) is 0 Å². The van der Waals surface area contributed by atoms with Gasteiger partial charge in [-0.3, -0.25) is 4.98 Å². The third-order valence-electron chi connectivity index (χ3n) is 3.03. The number of nitrogen functional groups attached to an aromatic ring is 1. The van der Waals surface area contributed by atoms with Crippen LogP contribution in [0.25, 0.3) is 10.9 Å². The first-order valence-corrected chi connectivity index (χ1v) is 6.14. The summed E-state index contributed by atoms with van der Waals surface area (Å²) in [6.45, 7) is 3.71. The molecule has 0 radical (unpaired) electrons. The highest BCUT2D eigenvalue weighted by Gasteiger charge is 2.09. The molecule has 1 aromatic carbocycles. The molecule has 0 bridgehead atoms. The minimum atomic E-state index is 0.211. The Labute approximate surface area is 115 Å². The largest absolute Gasteiger partial charge is 0.422 e. The fourth-order valence-electron chi connectivity index (χ4n) is 1.84. The average Bonchev–Trinajstić information content (AvgIpc) is 2.46. The van der Waals surface area contributed by atoms with E-state index in [9.17, 15) is 0 Å². The minimum Gasteiger partial charge on any atom is -0.422 e. The lowest BCUT2D eigenvalue weighted by molar-refractivity contribution is 0.435. The Kier molecular flexibility index (Phi) is 2.90. The highest BCUT2D eigenvalue weighted by atomic mass is 16.5. The van der Waals surface area contributed by atoms with Crippen molar-refractivity contribution < 1.29 is 4.74 Å². The molecule has 0 saturated carbocycles. The minimum absolute atomic E-state index is 0.211. The first-order chi connectivity index (χ1) is 9.65. The Balaban J connectivity index is 2.06. The second-order valence-electron chi connectivity index (χ2n) is 4.42. The summed E-state index contributed by atoms with van der Waals surface area (Å²) in [5.74, 6) is 0.604. The Hall–Kier alpha value is -2.76. The van der Waals surface area contributed by atoms with Crippen molar-refractivity contribution in [1.29, 1.82) is 0 Å². The van der Waals surface area contributed by atoms with Gasteiger partial charge in [0.2, 0.25) is 0 Å². The van der Waals surface area contributed by atoms with Gasteiger partial charge in [-0.2, -0.15) is 4.98 Å². The van der Waals surface area contributed by atoms with E-state index in [1.807, 2.05) is 26.0 Å². The van der Waals surface area contributed by atoms with Crippen LogP contribution >= 0.6 is 0 Å². The number of aromatic nitrogens is 4. The van der Waals surface area contributed by atoms with Crippen molar-refractivity contribution in [3.8, 4) is 11.8 Å². The van der Waals surface area contributed by atoms with Crippen LogP contribution in [-0.2, 0) is 0 Å². The van der Waals surface area contributed by atoms with E-state index < -0.39 is 0 Å². The molecule has 0 unspecified atom stereocenters. The predicted octanol–water partition coefficient (Wildman–Crippen LogP) is 2.41. The molecule has 100 valence electrons. The van der Waals surface area contributed by atoms with Gasteiger partial charge in [0.25, 0.3) is 0 Å². The SMILES string of the molecule is Cc1nnc(Oc2ccc(N)c3ncccc23)nc1C. The second kappa shape index (κ2) is 4.73. The molecule has 0 aliphatic rings. The molecule has 0 atom stereocenters. The molecule has 2 aromatic heterocycles. The van der Waals surface area contributed by atoms with E-state index in [-0.39, 0.29) is 6.01 Å². The lowest BCUT2D eigenvalue weighted by Gasteiger charge is -2.08. The molecule has 3 rings (SSSR count). The van der Waals surface area contributed by atoms with Gasteiger partial charge in [0, 0.05) is 11.6 Å². The molecule has 6 nitrogen and oxygen atoms in total. The Bertz CT molecular complexity index is 788. The number of nitrogens with zero attached hydrogens (tertiary/aromatic N) is 4. The van der Waals surface area contributed by atoms with Gasteiger partial charge in [-0.05, 0) is 38.1 Å². The topological polar surface area (TPSA) is 86.8 Å². The number of anilines is 1. The molecular formula is C14H13N5O. The predicted molar refractivity (Wildman–Crippen MR) is 75.5 cm³/mol. The van der Waals surface area contributed by atoms with Crippen molar-refractivity contribution >= 4 is 16.6 Å². The zero-order valence-corrected chi connectivity index (χ0v) is 11.2. The number of hydrogen-bond acceptors (Lipinski definition) is 6. The second-order valence-corrected chi connectivity index (χ2v) is 4.42. The number of ether oxygens (including phenoxy) is 1. The van der Waals surface area contributed by atoms with E-state index in [0.717, 1.165) is 16.8 Å². The van der Waals surface area contributed by atoms with Gasteiger partial charge in [-0.25, -0.2) is 0 Å². The van der Waals surface area contributed by atoms with Crippen LogP contribution in [0.5, 0.6) is 11.8 Å². The number of benzene rings is 1. The van der Waals surface area contributed by atoms with Crippen LogP contribution in [0.15, 0.2) is 30.5 Å². The standard InChI is InChI=1S/C14H13N5O/c1-8-9(2)18-19-14(17-8)20-12-6-5-11(15)13-10(12)4-3-7-16-13/h3-7H,15H2,1-2H3. The maximum atomic E-state index is 5.90. The first-order valence-electron chi connectivity index (χ1n) is 6.14. The fourth-order valence-corrected chi connectivity index (χ4v) is 1.84. The molecule has 3 aromatic rings. The maximum Gasteiger partial charge on any atom is 0.341 e. The Morgan fingerprint density at radius 3 is 2.70 bits per heavy atom. The van der Waals surface area contributed by atoms with Crippen molar-refractivity contribution in [3.63, 3.8) is 0 Å². The number of hydrogen-bond donors (Lipinski definition) is 1. The van der Waals surface area contributed by atoms with E-state index in [4.69, 9.17) is 10.5 Å². The molecule has 0 fully saturated rings. The van der Waals surface area contributed by atoms with Crippen molar-refractivity contribution in [2.24, 2.45) is 0 Å². The van der Waals surface area contributed by atoms with Gasteiger partial charge < -0.3 is 10.5 Å². The molecule has 0 aliphatic heterocycles. The van der Waals surface area contributed by atoms with E-state index in [1.54, 1.807) is 18.3 Å². The lowest BCUT2D eigenvalue weighted by Crippen LogP contribution is -2.00. The van der Waals surface area contributed by atoms with Crippen LogP contribution in [0.3, 0.4) is 0 Å². The third-order valence-corrected chi connectivity index (χ3v) is 3.03. The van der Waals surface area contributed by atoms with Crippen molar-refractivity contribution in [1.82, 2.24) is 20.2 Å². The molecule has 0 spiro atoms. The molecule has 2 heterocycles. The summed E-state index contributed by atoms with van der Waals surface area (Å²) < 4.78 is 5.70. The summed E-state index contributed by atoms with van der Waals surface area (Å²) in [6.07, 6.45) is 1.69. The van der Waals surface area contributed by atoms with Crippen LogP contribution in [0.1, 0.15) is 11.4 Å². The van der Waals surface area contributed by atoms with Crippen LogP contribution in [0.2, 0.25) is 0 Å². The molecular weight excluding hydrogens is 254 g/mol. The van der Waals surface area contributed by atoms with E-state index in [2.05, 4.69) is 20.2 Å². The number of nitrogens with two attached hydrogens (primary N) is 1. The Morgan fingerprint density at radius 2 is 1.90 bits per heavy atom. The highest BCUT2D eigenvalue weighted by molar-refractivity contribution is 5.93. The lowest BCUT2D eigenvalue weighted by atomic mass is 10.2. The summed E-state index contributed by atoms with van der Waals surface area (Å²) >= 11 is 0. The normalized spacial score (nSPS) is 10.7. The summed E-state index contributed by atoms with van der Waals surface area (Å²) in [4.78, 5) is 8.50. The van der Waals surface area contributed by atoms with Crippen LogP contribution < -0.4 is 10.5 Å². The first kappa shape index (κ1) is 12.3. The molecule has 20 heavy (non-hydrogen) atoms. The number of rotatable bonds is 2. The molecule has 6 heteroatoms. The van der Waals surface area contributed by atoms with Crippen molar-refractivity contribution in [2.45, 2.75) is 13.8 Å². The van der Waals surface area contributed by atoms with Gasteiger partial charge in [0.05, 0.1) is 22.6 Å². The van der Waals surface area contributed by atoms with Crippen LogP contribution in [0.4, 0.5) is 5.69 Å². The number of fused-ring (bicyclic) bond motifs is 1. The van der Waals surface area contributed by atoms with Crippen LogP contribution in [0, 0.1) is 13.8 Å². The molecule has 0 saturated heterocycles.